The first-order valence-corrected chi connectivity index (χ1v) is 3.12. The van der Waals surface area contributed by atoms with Gasteiger partial charge < -0.3 is 4.85 Å². The van der Waals surface area contributed by atoms with Gasteiger partial charge in [-0.05, 0) is 5.92 Å². The van der Waals surface area contributed by atoms with Gasteiger partial charge in [0.2, 0.25) is 6.04 Å². The van der Waals surface area contributed by atoms with Gasteiger partial charge in [0.1, 0.15) is 0 Å². The normalized spacial score (nSPS) is 34.8. The van der Waals surface area contributed by atoms with Crippen molar-refractivity contribution in [1.29, 1.82) is 0 Å². The second kappa shape index (κ2) is 1.78. The van der Waals surface area contributed by atoms with Crippen LogP contribution in [-0.2, 0) is 0 Å². The molecule has 1 rings (SSSR count). The molecular weight excluding hydrogens is 98.1 g/mol. The van der Waals surface area contributed by atoms with Gasteiger partial charge in [-0.2, -0.15) is 0 Å². The monoisotopic (exact) mass is 109 g/mol. The third kappa shape index (κ3) is 0.838. The molecule has 0 radical (unpaired) electrons. The summed E-state index contributed by atoms with van der Waals surface area (Å²) in [5.74, 6) is 1.46. The molecule has 0 amide bonds. The molecule has 0 spiro atoms. The van der Waals surface area contributed by atoms with Crippen LogP contribution in [0.4, 0.5) is 0 Å². The molecule has 0 aromatic carbocycles. The van der Waals surface area contributed by atoms with Crippen LogP contribution in [0.3, 0.4) is 0 Å². The van der Waals surface area contributed by atoms with E-state index < -0.39 is 0 Å². The topological polar surface area (TPSA) is 4.36 Å². The minimum atomic E-state index is 0.384. The van der Waals surface area contributed by atoms with E-state index in [-0.39, 0.29) is 0 Å². The van der Waals surface area contributed by atoms with Crippen LogP contribution in [0.25, 0.3) is 4.85 Å². The first-order chi connectivity index (χ1) is 3.75. The first-order valence-electron chi connectivity index (χ1n) is 3.12. The van der Waals surface area contributed by atoms with Crippen LogP contribution < -0.4 is 0 Å². The molecule has 0 bridgehead atoms. The fraction of sp³-hybridized carbons (Fsp3) is 0.857. The van der Waals surface area contributed by atoms with Crippen molar-refractivity contribution in [2.24, 2.45) is 11.8 Å². The van der Waals surface area contributed by atoms with Crippen LogP contribution in [-0.4, -0.2) is 6.04 Å². The molecule has 1 heteroatoms. The SMILES string of the molecule is [C-]#[N+]C1C[C@H]1C(C)C. The number of nitrogens with zero attached hydrogens (tertiary/aromatic N) is 1. The van der Waals surface area contributed by atoms with Crippen LogP contribution in [0.1, 0.15) is 20.3 Å². The lowest BCUT2D eigenvalue weighted by atomic mass is 10.1. The summed E-state index contributed by atoms with van der Waals surface area (Å²) in [6.45, 7) is 11.0. The Labute approximate surface area is 50.5 Å². The molecule has 0 aromatic heterocycles. The van der Waals surface area contributed by atoms with Gasteiger partial charge in [-0.25, -0.2) is 6.57 Å². The Balaban J connectivity index is 2.29. The lowest BCUT2D eigenvalue weighted by Gasteiger charge is -1.93. The summed E-state index contributed by atoms with van der Waals surface area (Å²) in [6, 6.07) is 0.384. The van der Waals surface area contributed by atoms with Gasteiger partial charge in [0.05, 0.1) is 0 Å². The first kappa shape index (κ1) is 5.62. The fourth-order valence-electron chi connectivity index (χ4n) is 1.07. The lowest BCUT2D eigenvalue weighted by Crippen LogP contribution is -1.91. The Morgan fingerprint density at radius 2 is 2.25 bits per heavy atom. The maximum Gasteiger partial charge on any atom is 0.227 e. The average molecular weight is 109 g/mol. The highest BCUT2D eigenvalue weighted by molar-refractivity contribution is 5.02. The number of hydrogen-bond donors (Lipinski definition) is 0. The second-order valence-corrected chi connectivity index (χ2v) is 2.84. The standard InChI is InChI=1S/C7H11N/c1-5(2)6-4-7(6)8-3/h5-7H,4H2,1-2H3/t6-,7?/m0/s1. The maximum absolute atomic E-state index is 6.67. The molecule has 0 aliphatic heterocycles. The molecule has 0 N–H and O–H groups in total. The van der Waals surface area contributed by atoms with Crippen molar-refractivity contribution >= 4 is 0 Å². The Bertz CT molecular complexity index is 121. The Morgan fingerprint density at radius 1 is 1.62 bits per heavy atom. The van der Waals surface area contributed by atoms with Crippen LogP contribution in [0.15, 0.2) is 0 Å². The summed E-state index contributed by atoms with van der Waals surface area (Å²) in [5, 5.41) is 0. The van der Waals surface area contributed by atoms with E-state index in [2.05, 4.69) is 18.7 Å². The van der Waals surface area contributed by atoms with Crippen LogP contribution >= 0.6 is 0 Å². The Kier molecular flexibility index (Phi) is 1.25. The molecule has 8 heavy (non-hydrogen) atoms. The fourth-order valence-corrected chi connectivity index (χ4v) is 1.07. The van der Waals surface area contributed by atoms with Gasteiger partial charge in [0.25, 0.3) is 0 Å². The summed E-state index contributed by atoms with van der Waals surface area (Å²) in [4.78, 5) is 3.45. The zero-order valence-electron chi connectivity index (χ0n) is 5.39. The Hall–Kier alpha value is -0.510. The highest BCUT2D eigenvalue weighted by Crippen LogP contribution is 2.39. The van der Waals surface area contributed by atoms with Crippen LogP contribution in [0, 0.1) is 18.4 Å². The molecule has 44 valence electrons. The van der Waals surface area contributed by atoms with E-state index in [1.165, 1.54) is 0 Å². The predicted octanol–water partition coefficient (Wildman–Crippen LogP) is 1.95. The van der Waals surface area contributed by atoms with Gasteiger partial charge >= 0.3 is 0 Å². The summed E-state index contributed by atoms with van der Waals surface area (Å²) >= 11 is 0. The summed E-state index contributed by atoms with van der Waals surface area (Å²) in [6.07, 6.45) is 1.15. The molecule has 1 aliphatic carbocycles. The molecule has 0 saturated heterocycles. The Morgan fingerprint density at radius 3 is 2.38 bits per heavy atom. The molecule has 1 saturated carbocycles. The molecule has 2 atom stereocenters. The zero-order chi connectivity index (χ0) is 6.15. The highest BCUT2D eigenvalue weighted by Gasteiger charge is 2.45. The van der Waals surface area contributed by atoms with Gasteiger partial charge in [-0.3, -0.25) is 0 Å². The summed E-state index contributed by atoms with van der Waals surface area (Å²) in [5.41, 5.74) is 0. The van der Waals surface area contributed by atoms with Gasteiger partial charge in [0, 0.05) is 12.3 Å². The van der Waals surface area contributed by atoms with E-state index in [0.717, 1.165) is 18.3 Å². The van der Waals surface area contributed by atoms with E-state index in [0.29, 0.717) is 6.04 Å². The number of rotatable bonds is 1. The van der Waals surface area contributed by atoms with E-state index in [1.807, 2.05) is 0 Å². The smallest absolute Gasteiger partial charge is 0.227 e. The van der Waals surface area contributed by atoms with E-state index in [1.54, 1.807) is 0 Å². The second-order valence-electron chi connectivity index (χ2n) is 2.84. The summed E-state index contributed by atoms with van der Waals surface area (Å²) < 4.78 is 0. The predicted molar refractivity (Wildman–Crippen MR) is 33.3 cm³/mol. The lowest BCUT2D eigenvalue weighted by molar-refractivity contribution is 0.558. The summed E-state index contributed by atoms with van der Waals surface area (Å²) in [7, 11) is 0. The molecule has 1 aliphatic rings. The van der Waals surface area contributed by atoms with Gasteiger partial charge in [0.15, 0.2) is 0 Å². The zero-order valence-corrected chi connectivity index (χ0v) is 5.39. The van der Waals surface area contributed by atoms with Crippen molar-refractivity contribution in [3.63, 3.8) is 0 Å². The molecule has 1 fully saturated rings. The molecule has 1 unspecified atom stereocenters. The van der Waals surface area contributed by atoms with Crippen molar-refractivity contribution in [2.75, 3.05) is 0 Å². The largest absolute Gasteiger partial charge is 0.313 e. The minimum absolute atomic E-state index is 0.384. The van der Waals surface area contributed by atoms with Crippen LogP contribution in [0.5, 0.6) is 0 Å². The van der Waals surface area contributed by atoms with Gasteiger partial charge in [-0.15, -0.1) is 0 Å². The minimum Gasteiger partial charge on any atom is -0.313 e. The molecule has 0 heterocycles. The molecule has 0 aromatic rings. The van der Waals surface area contributed by atoms with E-state index in [9.17, 15) is 0 Å². The van der Waals surface area contributed by atoms with Gasteiger partial charge in [-0.1, -0.05) is 13.8 Å². The van der Waals surface area contributed by atoms with Crippen molar-refractivity contribution in [1.82, 2.24) is 0 Å². The van der Waals surface area contributed by atoms with Crippen molar-refractivity contribution in [3.05, 3.63) is 11.4 Å². The van der Waals surface area contributed by atoms with Crippen molar-refractivity contribution < 1.29 is 0 Å². The molecule has 1 nitrogen and oxygen atoms in total. The third-order valence-electron chi connectivity index (χ3n) is 1.83. The number of hydrogen-bond acceptors (Lipinski definition) is 0. The molecular formula is C7H11N. The third-order valence-corrected chi connectivity index (χ3v) is 1.83. The van der Waals surface area contributed by atoms with Crippen molar-refractivity contribution in [2.45, 2.75) is 26.3 Å². The van der Waals surface area contributed by atoms with E-state index in [4.69, 9.17) is 6.57 Å². The van der Waals surface area contributed by atoms with Crippen molar-refractivity contribution in [3.8, 4) is 0 Å². The van der Waals surface area contributed by atoms with E-state index >= 15 is 0 Å². The van der Waals surface area contributed by atoms with Crippen LogP contribution in [0.2, 0.25) is 0 Å². The highest BCUT2D eigenvalue weighted by atomic mass is 14.8. The quantitative estimate of drug-likeness (QED) is 0.453. The maximum atomic E-state index is 6.67. The average Bonchev–Trinajstić information content (AvgIpc) is 2.42.